The van der Waals surface area contributed by atoms with Crippen LogP contribution in [0.15, 0.2) is 24.3 Å². The van der Waals surface area contributed by atoms with Gasteiger partial charge in [-0.1, -0.05) is 12.1 Å². The molecular formula is C16H19FN2O2. The first-order chi connectivity index (χ1) is 10.2. The normalized spacial score (nSPS) is 19.3. The molecule has 1 aliphatic heterocycles. The first-order valence-corrected chi connectivity index (χ1v) is 7.49. The summed E-state index contributed by atoms with van der Waals surface area (Å²) in [6.45, 7) is 2.29. The fraction of sp³-hybridized carbons (Fsp3) is 0.500. The van der Waals surface area contributed by atoms with Gasteiger partial charge in [-0.25, -0.2) is 4.39 Å². The lowest BCUT2D eigenvalue weighted by Crippen LogP contribution is -2.38. The first-order valence-electron chi connectivity index (χ1n) is 7.49. The molecule has 1 aromatic rings. The van der Waals surface area contributed by atoms with E-state index in [-0.39, 0.29) is 23.3 Å². The fourth-order valence-electron chi connectivity index (χ4n) is 2.73. The van der Waals surface area contributed by atoms with E-state index in [4.69, 9.17) is 0 Å². The second-order valence-corrected chi connectivity index (χ2v) is 5.73. The molecule has 1 saturated heterocycles. The second kappa shape index (κ2) is 5.84. The molecule has 21 heavy (non-hydrogen) atoms. The highest BCUT2D eigenvalue weighted by molar-refractivity contribution is 5.94. The lowest BCUT2D eigenvalue weighted by molar-refractivity contribution is -0.132. The molecule has 1 aliphatic carbocycles. The van der Waals surface area contributed by atoms with Crippen molar-refractivity contribution < 1.29 is 14.0 Å². The molecule has 0 atom stereocenters. The highest BCUT2D eigenvalue weighted by Gasteiger charge is 2.34. The van der Waals surface area contributed by atoms with E-state index in [1.807, 2.05) is 4.90 Å². The summed E-state index contributed by atoms with van der Waals surface area (Å²) < 4.78 is 13.7. The van der Waals surface area contributed by atoms with Crippen molar-refractivity contribution in [1.29, 1.82) is 0 Å². The number of amides is 2. The van der Waals surface area contributed by atoms with Crippen LogP contribution in [0.5, 0.6) is 0 Å². The molecule has 1 heterocycles. The quantitative estimate of drug-likeness (QED) is 0.835. The van der Waals surface area contributed by atoms with E-state index in [9.17, 15) is 14.0 Å². The molecule has 0 N–H and O–H groups in total. The monoisotopic (exact) mass is 290 g/mol. The lowest BCUT2D eigenvalue weighted by Gasteiger charge is -2.22. The molecule has 1 aromatic carbocycles. The first kappa shape index (κ1) is 14.0. The van der Waals surface area contributed by atoms with E-state index < -0.39 is 5.82 Å². The number of benzene rings is 1. The van der Waals surface area contributed by atoms with Crippen molar-refractivity contribution in [2.75, 3.05) is 26.2 Å². The summed E-state index contributed by atoms with van der Waals surface area (Å²) in [6.07, 6.45) is 2.74. The van der Waals surface area contributed by atoms with Crippen LogP contribution in [0.1, 0.15) is 29.6 Å². The predicted octanol–water partition coefficient (Wildman–Crippen LogP) is 1.91. The smallest absolute Gasteiger partial charge is 0.256 e. The van der Waals surface area contributed by atoms with Crippen molar-refractivity contribution in [2.45, 2.75) is 19.3 Å². The minimum absolute atomic E-state index is 0.111. The third kappa shape index (κ3) is 3.06. The predicted molar refractivity (Wildman–Crippen MR) is 76.2 cm³/mol. The van der Waals surface area contributed by atoms with Crippen LogP contribution < -0.4 is 0 Å². The SMILES string of the molecule is O=C(c1ccccc1F)N1CCCN(C(=O)C2CC2)CC1. The molecule has 1 saturated carbocycles. The van der Waals surface area contributed by atoms with Gasteiger partial charge in [-0.05, 0) is 31.4 Å². The zero-order chi connectivity index (χ0) is 14.8. The standard InChI is InChI=1S/C16H19FN2O2/c17-14-5-2-1-4-13(14)16(21)19-9-3-8-18(10-11-19)15(20)12-6-7-12/h1-2,4-5,12H,3,6-11H2. The van der Waals surface area contributed by atoms with Crippen LogP contribution in [0.4, 0.5) is 4.39 Å². The van der Waals surface area contributed by atoms with Gasteiger partial charge < -0.3 is 9.80 Å². The Kier molecular flexibility index (Phi) is 3.90. The highest BCUT2D eigenvalue weighted by atomic mass is 19.1. The van der Waals surface area contributed by atoms with Crippen molar-refractivity contribution in [3.05, 3.63) is 35.6 Å². The molecular weight excluding hydrogens is 271 g/mol. The van der Waals surface area contributed by atoms with Crippen molar-refractivity contribution in [1.82, 2.24) is 9.80 Å². The molecule has 5 heteroatoms. The lowest BCUT2D eigenvalue weighted by atomic mass is 10.2. The van der Waals surface area contributed by atoms with Crippen molar-refractivity contribution in [3.8, 4) is 0 Å². The van der Waals surface area contributed by atoms with Gasteiger partial charge in [-0.3, -0.25) is 9.59 Å². The Morgan fingerprint density at radius 3 is 2.38 bits per heavy atom. The van der Waals surface area contributed by atoms with Gasteiger partial charge in [0.25, 0.3) is 5.91 Å². The minimum Gasteiger partial charge on any atom is -0.341 e. The summed E-state index contributed by atoms with van der Waals surface area (Å²) >= 11 is 0. The topological polar surface area (TPSA) is 40.6 Å². The van der Waals surface area contributed by atoms with E-state index >= 15 is 0 Å². The Labute approximate surface area is 123 Å². The molecule has 0 aromatic heterocycles. The number of carbonyl (C=O) groups excluding carboxylic acids is 2. The summed E-state index contributed by atoms with van der Waals surface area (Å²) in [6, 6.07) is 6.05. The summed E-state index contributed by atoms with van der Waals surface area (Å²) in [5.74, 6) is -0.347. The molecule has 2 fully saturated rings. The third-order valence-corrected chi connectivity index (χ3v) is 4.13. The largest absolute Gasteiger partial charge is 0.341 e. The van der Waals surface area contributed by atoms with Gasteiger partial charge in [-0.15, -0.1) is 0 Å². The van der Waals surface area contributed by atoms with Gasteiger partial charge in [0.2, 0.25) is 5.91 Å². The van der Waals surface area contributed by atoms with E-state index in [1.54, 1.807) is 17.0 Å². The molecule has 3 rings (SSSR count). The maximum atomic E-state index is 13.7. The van der Waals surface area contributed by atoms with Crippen molar-refractivity contribution in [3.63, 3.8) is 0 Å². The minimum atomic E-state index is -0.488. The van der Waals surface area contributed by atoms with Crippen LogP contribution >= 0.6 is 0 Å². The molecule has 112 valence electrons. The summed E-state index contributed by atoms with van der Waals surface area (Å²) in [4.78, 5) is 28.0. The van der Waals surface area contributed by atoms with Crippen LogP contribution in [0.2, 0.25) is 0 Å². The number of rotatable bonds is 2. The van der Waals surface area contributed by atoms with Gasteiger partial charge in [-0.2, -0.15) is 0 Å². The molecule has 4 nitrogen and oxygen atoms in total. The van der Waals surface area contributed by atoms with Gasteiger partial charge in [0.15, 0.2) is 0 Å². The molecule has 2 aliphatic rings. The van der Waals surface area contributed by atoms with Gasteiger partial charge in [0.05, 0.1) is 5.56 Å². The Balaban J connectivity index is 1.66. The molecule has 0 spiro atoms. The molecule has 0 bridgehead atoms. The van der Waals surface area contributed by atoms with E-state index in [1.165, 1.54) is 12.1 Å². The maximum absolute atomic E-state index is 13.7. The third-order valence-electron chi connectivity index (χ3n) is 4.13. The van der Waals surface area contributed by atoms with E-state index in [2.05, 4.69) is 0 Å². The van der Waals surface area contributed by atoms with Crippen LogP contribution in [-0.4, -0.2) is 47.8 Å². The second-order valence-electron chi connectivity index (χ2n) is 5.73. The highest BCUT2D eigenvalue weighted by Crippen LogP contribution is 2.31. The zero-order valence-electron chi connectivity index (χ0n) is 11.9. The van der Waals surface area contributed by atoms with Crippen LogP contribution in [0.25, 0.3) is 0 Å². The zero-order valence-corrected chi connectivity index (χ0v) is 11.9. The number of nitrogens with zero attached hydrogens (tertiary/aromatic N) is 2. The number of carbonyl (C=O) groups is 2. The fourth-order valence-corrected chi connectivity index (χ4v) is 2.73. The Bertz CT molecular complexity index is 557. The van der Waals surface area contributed by atoms with Crippen molar-refractivity contribution in [2.24, 2.45) is 5.92 Å². The van der Waals surface area contributed by atoms with Crippen molar-refractivity contribution >= 4 is 11.8 Å². The summed E-state index contributed by atoms with van der Waals surface area (Å²) in [5.41, 5.74) is 0.111. The average molecular weight is 290 g/mol. The van der Waals surface area contributed by atoms with Gasteiger partial charge in [0.1, 0.15) is 5.82 Å². The van der Waals surface area contributed by atoms with E-state index in [0.717, 1.165) is 19.3 Å². The van der Waals surface area contributed by atoms with Crippen LogP contribution in [0, 0.1) is 11.7 Å². The maximum Gasteiger partial charge on any atom is 0.256 e. The van der Waals surface area contributed by atoms with E-state index in [0.29, 0.717) is 26.2 Å². The number of hydrogen-bond donors (Lipinski definition) is 0. The molecule has 2 amide bonds. The van der Waals surface area contributed by atoms with Gasteiger partial charge >= 0.3 is 0 Å². The number of halogens is 1. The number of hydrogen-bond acceptors (Lipinski definition) is 2. The Hall–Kier alpha value is -1.91. The summed E-state index contributed by atoms with van der Waals surface area (Å²) in [7, 11) is 0. The van der Waals surface area contributed by atoms with Crippen LogP contribution in [-0.2, 0) is 4.79 Å². The van der Waals surface area contributed by atoms with Crippen LogP contribution in [0.3, 0.4) is 0 Å². The molecule has 0 unspecified atom stereocenters. The average Bonchev–Trinajstić information content (AvgIpc) is 3.33. The Morgan fingerprint density at radius 1 is 1.00 bits per heavy atom. The van der Waals surface area contributed by atoms with Gasteiger partial charge in [0, 0.05) is 32.1 Å². The summed E-state index contributed by atoms with van der Waals surface area (Å²) in [5, 5.41) is 0. The Morgan fingerprint density at radius 2 is 1.67 bits per heavy atom. The molecule has 0 radical (unpaired) electrons.